The summed E-state index contributed by atoms with van der Waals surface area (Å²) in [5.41, 5.74) is 11.9. The summed E-state index contributed by atoms with van der Waals surface area (Å²) >= 11 is 0. The normalized spacial score (nSPS) is 12.4. The number of hydrogen-bond donors (Lipinski definition) is 5. The van der Waals surface area contributed by atoms with Crippen LogP contribution in [0.15, 0.2) is 24.3 Å². The van der Waals surface area contributed by atoms with Crippen LogP contribution >= 0.6 is 24.8 Å². The summed E-state index contributed by atoms with van der Waals surface area (Å²) in [5, 5.41) is 21.5. The van der Waals surface area contributed by atoms with Crippen LogP contribution in [0.3, 0.4) is 0 Å². The Labute approximate surface area is 160 Å². The van der Waals surface area contributed by atoms with E-state index < -0.39 is 19.0 Å². The minimum Gasteiger partial charge on any atom is -0.427 e. The van der Waals surface area contributed by atoms with E-state index in [1.165, 1.54) is 12.1 Å². The summed E-state index contributed by atoms with van der Waals surface area (Å²) in [6, 6.07) is 5.13. The number of rotatable bonds is 10. The van der Waals surface area contributed by atoms with Gasteiger partial charge in [-0.25, -0.2) is 4.39 Å². The van der Waals surface area contributed by atoms with Gasteiger partial charge >= 0.3 is 7.12 Å². The zero-order valence-electron chi connectivity index (χ0n) is 13.9. The molecule has 1 amide bonds. The third-order valence-corrected chi connectivity index (χ3v) is 3.68. The molecule has 6 nitrogen and oxygen atoms in total. The van der Waals surface area contributed by atoms with E-state index in [-0.39, 0.29) is 43.1 Å². The van der Waals surface area contributed by atoms with Crippen LogP contribution in [0.25, 0.3) is 0 Å². The van der Waals surface area contributed by atoms with Crippen molar-refractivity contribution in [1.29, 1.82) is 0 Å². The van der Waals surface area contributed by atoms with Crippen LogP contribution in [0.4, 0.5) is 4.39 Å². The highest BCUT2D eigenvalue weighted by molar-refractivity contribution is 6.43. The zero-order valence-corrected chi connectivity index (χ0v) is 15.6. The van der Waals surface area contributed by atoms with Crippen molar-refractivity contribution in [2.75, 3.05) is 13.1 Å². The van der Waals surface area contributed by atoms with Crippen LogP contribution in [0, 0.1) is 5.82 Å². The fourth-order valence-electron chi connectivity index (χ4n) is 2.21. The lowest BCUT2D eigenvalue weighted by atomic mass is 9.69. The molecular weight excluding hydrogens is 371 g/mol. The maximum absolute atomic E-state index is 12.9. The van der Waals surface area contributed by atoms with Gasteiger partial charge in [0.2, 0.25) is 5.91 Å². The zero-order chi connectivity index (χ0) is 17.2. The molecule has 25 heavy (non-hydrogen) atoms. The number of benzene rings is 1. The van der Waals surface area contributed by atoms with E-state index in [2.05, 4.69) is 5.32 Å². The molecule has 0 spiro atoms. The Bertz CT molecular complexity index is 484. The lowest BCUT2D eigenvalue weighted by Crippen LogP contribution is -2.43. The largest absolute Gasteiger partial charge is 0.456 e. The Balaban J connectivity index is 0. The Morgan fingerprint density at radius 2 is 1.80 bits per heavy atom. The highest BCUT2D eigenvalue weighted by atomic mass is 35.5. The summed E-state index contributed by atoms with van der Waals surface area (Å²) in [6.45, 7) is 0.642. The molecular formula is C15H27BCl2FN3O3. The van der Waals surface area contributed by atoms with Gasteiger partial charge in [-0.15, -0.1) is 24.8 Å². The van der Waals surface area contributed by atoms with Gasteiger partial charge in [0.1, 0.15) is 5.82 Å². The first kappa shape index (κ1) is 26.3. The first-order valence-corrected chi connectivity index (χ1v) is 7.78. The second-order valence-electron chi connectivity index (χ2n) is 5.64. The van der Waals surface area contributed by atoms with E-state index >= 15 is 0 Å². The molecule has 0 heterocycles. The summed E-state index contributed by atoms with van der Waals surface area (Å²) in [4.78, 5) is 11.9. The van der Waals surface area contributed by atoms with E-state index in [1.807, 2.05) is 0 Å². The van der Waals surface area contributed by atoms with Gasteiger partial charge in [0.15, 0.2) is 0 Å². The molecule has 144 valence electrons. The molecule has 0 bridgehead atoms. The van der Waals surface area contributed by atoms with E-state index in [0.29, 0.717) is 19.4 Å². The van der Waals surface area contributed by atoms with E-state index in [4.69, 9.17) is 11.5 Å². The number of nitrogens with two attached hydrogens (primary N) is 2. The Hall–Kier alpha value is -0.895. The fraction of sp³-hybridized carbons (Fsp3) is 0.533. The molecule has 1 aromatic rings. The average molecular weight is 398 g/mol. The number of unbranched alkanes of at least 4 members (excludes halogenated alkanes) is 1. The van der Waals surface area contributed by atoms with Crippen LogP contribution in [-0.4, -0.2) is 42.2 Å². The van der Waals surface area contributed by atoms with Crippen LogP contribution in [0.5, 0.6) is 0 Å². The lowest BCUT2D eigenvalue weighted by Gasteiger charge is -2.18. The topological polar surface area (TPSA) is 122 Å². The second kappa shape index (κ2) is 14.3. The molecule has 0 fully saturated rings. The van der Waals surface area contributed by atoms with Gasteiger partial charge in [-0.2, -0.15) is 0 Å². The number of hydrogen-bond acceptors (Lipinski definition) is 5. The van der Waals surface area contributed by atoms with E-state index in [1.54, 1.807) is 12.1 Å². The maximum atomic E-state index is 12.9. The molecule has 1 rings (SSSR count). The molecule has 10 heteroatoms. The van der Waals surface area contributed by atoms with Crippen molar-refractivity contribution in [3.8, 4) is 0 Å². The van der Waals surface area contributed by atoms with Crippen LogP contribution in [-0.2, 0) is 11.2 Å². The minimum absolute atomic E-state index is 0. The predicted molar refractivity (Wildman–Crippen MR) is 102 cm³/mol. The van der Waals surface area contributed by atoms with Gasteiger partial charge in [-0.3, -0.25) is 4.79 Å². The number of carbonyl (C=O) groups excluding carboxylic acids is 1. The summed E-state index contributed by atoms with van der Waals surface area (Å²) in [5.74, 6) is -1.28. The summed E-state index contributed by atoms with van der Waals surface area (Å²) in [7, 11) is -1.59. The Kier molecular flexibility index (Phi) is 15.1. The van der Waals surface area contributed by atoms with Crippen molar-refractivity contribution in [1.82, 2.24) is 5.32 Å². The molecule has 7 N–H and O–H groups in total. The highest BCUT2D eigenvalue weighted by Crippen LogP contribution is 2.15. The third kappa shape index (κ3) is 10.6. The fourth-order valence-corrected chi connectivity index (χ4v) is 2.21. The average Bonchev–Trinajstić information content (AvgIpc) is 2.52. The molecule has 0 aliphatic carbocycles. The van der Waals surface area contributed by atoms with Crippen LogP contribution in [0.2, 0.25) is 5.82 Å². The van der Waals surface area contributed by atoms with Gasteiger partial charge < -0.3 is 26.8 Å². The number of halogens is 3. The minimum atomic E-state index is -1.59. The first-order valence-electron chi connectivity index (χ1n) is 7.78. The standard InChI is InChI=1S/C15H25BFN3O3.2ClH/c17-13-6-4-11(5-7-13)9-12(16(22)23)10-20-15(21)14(19)3-1-2-8-18;;/h4-7,12,14,22-23H,1-3,8-10,18-19H2,(H,20,21);2*1H/t12-,14+;;/m1../s1. The molecule has 0 aliphatic rings. The molecule has 0 saturated heterocycles. The first-order chi connectivity index (χ1) is 10.9. The monoisotopic (exact) mass is 397 g/mol. The van der Waals surface area contributed by atoms with Crippen molar-refractivity contribution in [3.63, 3.8) is 0 Å². The van der Waals surface area contributed by atoms with Crippen molar-refractivity contribution in [3.05, 3.63) is 35.6 Å². The predicted octanol–water partition coefficient (Wildman–Crippen LogP) is 0.627. The SMILES string of the molecule is Cl.Cl.NCCCC[C@H](N)C(=O)NC[C@@H](Cc1ccc(F)cc1)B(O)O. The maximum Gasteiger partial charge on any atom is 0.456 e. The number of carbonyl (C=O) groups is 1. The van der Waals surface area contributed by atoms with E-state index in [0.717, 1.165) is 18.4 Å². The van der Waals surface area contributed by atoms with Crippen molar-refractivity contribution in [2.24, 2.45) is 11.5 Å². The second-order valence-corrected chi connectivity index (χ2v) is 5.64. The van der Waals surface area contributed by atoms with Gasteiger partial charge in [-0.1, -0.05) is 18.6 Å². The summed E-state index contributed by atoms with van der Waals surface area (Å²) in [6.07, 6.45) is 2.42. The van der Waals surface area contributed by atoms with Gasteiger partial charge in [-0.05, 0) is 43.5 Å². The number of nitrogens with one attached hydrogen (secondary N) is 1. The molecule has 0 radical (unpaired) electrons. The molecule has 0 unspecified atom stereocenters. The van der Waals surface area contributed by atoms with Crippen molar-refractivity contribution < 1.29 is 19.2 Å². The van der Waals surface area contributed by atoms with Crippen molar-refractivity contribution >= 4 is 37.8 Å². The van der Waals surface area contributed by atoms with Gasteiger partial charge in [0.05, 0.1) is 6.04 Å². The molecule has 0 saturated carbocycles. The van der Waals surface area contributed by atoms with Gasteiger partial charge in [0.25, 0.3) is 0 Å². The molecule has 2 atom stereocenters. The van der Waals surface area contributed by atoms with Crippen LogP contribution in [0.1, 0.15) is 24.8 Å². The molecule has 0 aliphatic heterocycles. The smallest absolute Gasteiger partial charge is 0.427 e. The van der Waals surface area contributed by atoms with Crippen LogP contribution < -0.4 is 16.8 Å². The van der Waals surface area contributed by atoms with E-state index in [9.17, 15) is 19.2 Å². The molecule has 0 aromatic heterocycles. The summed E-state index contributed by atoms with van der Waals surface area (Å²) < 4.78 is 12.9. The highest BCUT2D eigenvalue weighted by Gasteiger charge is 2.25. The number of amides is 1. The quantitative estimate of drug-likeness (QED) is 0.292. The Morgan fingerprint density at radius 1 is 1.20 bits per heavy atom. The third-order valence-electron chi connectivity index (χ3n) is 3.68. The van der Waals surface area contributed by atoms with Crippen molar-refractivity contribution in [2.45, 2.75) is 37.5 Å². The Morgan fingerprint density at radius 3 is 2.32 bits per heavy atom. The lowest BCUT2D eigenvalue weighted by molar-refractivity contribution is -0.122. The van der Waals surface area contributed by atoms with Gasteiger partial charge in [0, 0.05) is 12.4 Å². The molecule has 1 aromatic carbocycles.